The molecule has 54 valence electrons. The zero-order valence-corrected chi connectivity index (χ0v) is 5.87. The van der Waals surface area contributed by atoms with Crippen LogP contribution < -0.4 is 5.11 Å². The number of carbonyl (C=O) groups is 1. The molecule has 0 bridgehead atoms. The minimum atomic E-state index is -1.16. The third-order valence-electron chi connectivity index (χ3n) is 0.536. The second kappa shape index (κ2) is 7.47. The first kappa shape index (κ1) is 11.3. The molecular weight excluding hydrogens is 168 g/mol. The summed E-state index contributed by atoms with van der Waals surface area (Å²) in [6.45, 7) is 1.81. The third kappa shape index (κ3) is 11.2. The predicted molar refractivity (Wildman–Crippen MR) is 29.0 cm³/mol. The van der Waals surface area contributed by atoms with Crippen molar-refractivity contribution in [3.05, 3.63) is 24.3 Å². The molecule has 0 aromatic carbocycles. The largest absolute Gasteiger partial charge is 1.00 e. The van der Waals surface area contributed by atoms with Crippen molar-refractivity contribution >= 4 is 5.97 Å². The van der Waals surface area contributed by atoms with Crippen LogP contribution in [0, 0.1) is 0 Å². The summed E-state index contributed by atoms with van der Waals surface area (Å²) >= 11 is 0. The van der Waals surface area contributed by atoms with Gasteiger partial charge in [-0.25, -0.2) is 0 Å². The zero-order chi connectivity index (χ0) is 6.41. The summed E-state index contributed by atoms with van der Waals surface area (Å²) in [5.74, 6) is -1.16. The first-order chi connectivity index (χ1) is 3.77. The summed E-state index contributed by atoms with van der Waals surface area (Å²) < 4.78 is 0. The summed E-state index contributed by atoms with van der Waals surface area (Å²) in [7, 11) is 0. The Hall–Kier alpha value is -0.531. The van der Waals surface area contributed by atoms with Crippen molar-refractivity contribution in [3.63, 3.8) is 0 Å². The summed E-state index contributed by atoms with van der Waals surface area (Å²) in [6.07, 6.45) is 5.74. The Morgan fingerprint density at radius 1 is 1.44 bits per heavy atom. The molecule has 0 aliphatic carbocycles. The Bertz CT molecular complexity index is 127. The smallest absolute Gasteiger partial charge is 0.545 e. The van der Waals surface area contributed by atoms with Gasteiger partial charge < -0.3 is 9.90 Å². The first-order valence-corrected chi connectivity index (χ1v) is 2.27. The van der Waals surface area contributed by atoms with E-state index < -0.39 is 5.97 Å². The topological polar surface area (TPSA) is 40.1 Å². The number of allylic oxidation sites excluding steroid dienone is 3. The van der Waals surface area contributed by atoms with Gasteiger partial charge in [0.2, 0.25) is 0 Å². The number of carbonyl (C=O) groups excluding carboxylic acids is 1. The Kier molecular flexibility index (Phi) is 9.37. The Morgan fingerprint density at radius 2 is 2.00 bits per heavy atom. The third-order valence-corrected chi connectivity index (χ3v) is 0.536. The van der Waals surface area contributed by atoms with Crippen molar-refractivity contribution < 1.29 is 27.0 Å². The van der Waals surface area contributed by atoms with E-state index >= 15 is 0 Å². The second-order valence-corrected chi connectivity index (χ2v) is 1.20. The van der Waals surface area contributed by atoms with Gasteiger partial charge in [0, 0.05) is 0 Å². The predicted octanol–water partition coefficient (Wildman–Crippen LogP) is -0.134. The van der Waals surface area contributed by atoms with Crippen molar-refractivity contribution in [2.75, 3.05) is 0 Å². The van der Waals surface area contributed by atoms with Gasteiger partial charge in [0.25, 0.3) is 0 Å². The minimum absolute atomic E-state index is 0. The average Bonchev–Trinajstić information content (AvgIpc) is 1.66. The van der Waals surface area contributed by atoms with Gasteiger partial charge in [-0.05, 0) is 13.0 Å². The van der Waals surface area contributed by atoms with Gasteiger partial charge in [0.05, 0.1) is 5.97 Å². The van der Waals surface area contributed by atoms with Crippen molar-refractivity contribution in [1.82, 2.24) is 0 Å². The van der Waals surface area contributed by atoms with Crippen molar-refractivity contribution in [3.8, 4) is 0 Å². The zero-order valence-electron chi connectivity index (χ0n) is 4.93. The molecule has 0 aliphatic rings. The molecule has 0 radical (unpaired) electrons. The molecule has 2 nitrogen and oxygen atoms in total. The van der Waals surface area contributed by atoms with E-state index in [0.717, 1.165) is 6.08 Å². The van der Waals surface area contributed by atoms with Crippen LogP contribution in [0.2, 0.25) is 0 Å². The molecule has 0 saturated carbocycles. The Morgan fingerprint density at radius 3 is 2.33 bits per heavy atom. The summed E-state index contributed by atoms with van der Waals surface area (Å²) in [6, 6.07) is 0. The van der Waals surface area contributed by atoms with Gasteiger partial charge in [-0.1, -0.05) is 18.2 Å². The Labute approximate surface area is 64.7 Å². The van der Waals surface area contributed by atoms with Crippen LogP contribution in [-0.2, 0) is 21.9 Å². The quantitative estimate of drug-likeness (QED) is 0.332. The van der Waals surface area contributed by atoms with Gasteiger partial charge in [-0.15, -0.1) is 0 Å². The van der Waals surface area contributed by atoms with Crippen LogP contribution in [-0.4, -0.2) is 5.97 Å². The molecule has 0 saturated heterocycles. The average molecular weight is 175 g/mol. The van der Waals surface area contributed by atoms with Crippen LogP contribution in [0.25, 0.3) is 0 Å². The Balaban J connectivity index is 0. The molecule has 0 heterocycles. The van der Waals surface area contributed by atoms with E-state index in [4.69, 9.17) is 0 Å². The number of rotatable bonds is 2. The fraction of sp³-hybridized carbons (Fsp3) is 0.167. The maximum absolute atomic E-state index is 9.64. The van der Waals surface area contributed by atoms with Crippen LogP contribution >= 0.6 is 0 Å². The fourth-order valence-electron chi connectivity index (χ4n) is 0.245. The van der Waals surface area contributed by atoms with Crippen LogP contribution in [0.15, 0.2) is 24.3 Å². The van der Waals surface area contributed by atoms with E-state index in [1.807, 2.05) is 0 Å². The van der Waals surface area contributed by atoms with E-state index in [1.165, 1.54) is 6.08 Å². The van der Waals surface area contributed by atoms with Crippen molar-refractivity contribution in [2.45, 2.75) is 6.92 Å². The van der Waals surface area contributed by atoms with Gasteiger partial charge in [0.1, 0.15) is 0 Å². The van der Waals surface area contributed by atoms with Crippen LogP contribution in [0.3, 0.4) is 0 Å². The molecule has 0 atom stereocenters. The molecule has 0 rings (SSSR count). The minimum Gasteiger partial charge on any atom is -0.545 e. The molecule has 0 aromatic heterocycles. The SMILES string of the molecule is C/C=C/C=C/C(=O)[O-].[Cu+]. The monoisotopic (exact) mass is 174 g/mol. The van der Waals surface area contributed by atoms with Gasteiger partial charge in [-0.2, -0.15) is 0 Å². The number of aliphatic carboxylic acids is 1. The van der Waals surface area contributed by atoms with Gasteiger partial charge in [-0.3, -0.25) is 0 Å². The maximum Gasteiger partial charge on any atom is 1.00 e. The molecule has 0 unspecified atom stereocenters. The number of hydrogen-bond acceptors (Lipinski definition) is 2. The summed E-state index contributed by atoms with van der Waals surface area (Å²) in [5, 5.41) is 9.64. The maximum atomic E-state index is 9.64. The van der Waals surface area contributed by atoms with E-state index in [1.54, 1.807) is 19.1 Å². The molecule has 0 fully saturated rings. The van der Waals surface area contributed by atoms with E-state index in [-0.39, 0.29) is 17.1 Å². The molecule has 9 heavy (non-hydrogen) atoms. The van der Waals surface area contributed by atoms with E-state index in [9.17, 15) is 9.90 Å². The first-order valence-electron chi connectivity index (χ1n) is 2.27. The molecule has 0 amide bonds. The number of carboxylic acids is 1. The van der Waals surface area contributed by atoms with Crippen LogP contribution in [0.4, 0.5) is 0 Å². The molecule has 0 spiro atoms. The normalized spacial score (nSPS) is 9.89. The van der Waals surface area contributed by atoms with Crippen LogP contribution in [0.1, 0.15) is 6.92 Å². The summed E-state index contributed by atoms with van der Waals surface area (Å²) in [5.41, 5.74) is 0. The fourth-order valence-corrected chi connectivity index (χ4v) is 0.245. The van der Waals surface area contributed by atoms with Crippen LogP contribution in [0.5, 0.6) is 0 Å². The molecule has 0 aliphatic heterocycles. The van der Waals surface area contributed by atoms with Crippen molar-refractivity contribution in [2.24, 2.45) is 0 Å². The van der Waals surface area contributed by atoms with E-state index in [2.05, 4.69) is 0 Å². The molecular formula is C6H7CuO2. The summed E-state index contributed by atoms with van der Waals surface area (Å²) in [4.78, 5) is 9.64. The molecule has 0 N–H and O–H groups in total. The van der Waals surface area contributed by atoms with Crippen molar-refractivity contribution in [1.29, 1.82) is 0 Å². The van der Waals surface area contributed by atoms with Gasteiger partial charge in [0.15, 0.2) is 0 Å². The number of carboxylic acid groups (broad SMARTS) is 1. The number of hydrogen-bond donors (Lipinski definition) is 0. The molecule has 0 aromatic rings. The van der Waals surface area contributed by atoms with E-state index in [0.29, 0.717) is 0 Å². The van der Waals surface area contributed by atoms with Gasteiger partial charge >= 0.3 is 17.1 Å². The standard InChI is InChI=1S/C6H8O2.Cu/c1-2-3-4-5-6(7)8;/h2-5H,1H3,(H,7,8);/q;+1/p-1/b3-2+,5-4+;. The second-order valence-electron chi connectivity index (χ2n) is 1.20. The molecule has 3 heteroatoms.